The van der Waals surface area contributed by atoms with Crippen LogP contribution >= 0.6 is 11.3 Å². The van der Waals surface area contributed by atoms with Crippen LogP contribution in [0.3, 0.4) is 0 Å². The van der Waals surface area contributed by atoms with E-state index in [2.05, 4.69) is 41.4 Å². The van der Waals surface area contributed by atoms with Gasteiger partial charge in [0, 0.05) is 0 Å². The van der Waals surface area contributed by atoms with Gasteiger partial charge in [-0.15, -0.1) is 0 Å². The molecule has 0 radical (unpaired) electrons. The molecule has 0 saturated carbocycles. The Balaban J connectivity index is 0.000000330. The van der Waals surface area contributed by atoms with Crippen molar-refractivity contribution in [2.75, 3.05) is 0 Å². The van der Waals surface area contributed by atoms with E-state index in [4.69, 9.17) is 0 Å². The van der Waals surface area contributed by atoms with E-state index in [0.29, 0.717) is 0 Å². The summed E-state index contributed by atoms with van der Waals surface area (Å²) >= 11 is 1.75. The van der Waals surface area contributed by atoms with Gasteiger partial charge < -0.3 is 0 Å². The first-order chi connectivity index (χ1) is 8.45. The van der Waals surface area contributed by atoms with Crippen LogP contribution in [0.1, 0.15) is 27.7 Å². The van der Waals surface area contributed by atoms with Crippen LogP contribution in [-0.4, -0.2) is 0 Å². The minimum absolute atomic E-state index is 1.25. The molecule has 2 heteroatoms. The van der Waals surface area contributed by atoms with Crippen molar-refractivity contribution in [1.29, 1.82) is 0 Å². The fourth-order valence-electron chi connectivity index (χ4n) is 1.65. The molecule has 1 heterocycles. The highest BCUT2D eigenvalue weighted by molar-refractivity contribution is 7.16. The molecule has 0 atom stereocenters. The number of nitrogens with one attached hydrogen (secondary N) is 1. The average Bonchev–Trinajstić information content (AvgIpc) is 2.92. The van der Waals surface area contributed by atoms with Crippen LogP contribution in [0.4, 0.5) is 0 Å². The Morgan fingerprint density at radius 3 is 2.35 bits per heavy atom. The topological polar surface area (TPSA) is 14.1 Å². The van der Waals surface area contributed by atoms with E-state index >= 15 is 0 Å². The second kappa shape index (κ2) is 7.02. The van der Waals surface area contributed by atoms with Gasteiger partial charge in [-0.05, 0) is 17.5 Å². The molecule has 0 bridgehead atoms. The van der Waals surface area contributed by atoms with Gasteiger partial charge in [0.15, 0.2) is 0 Å². The molecular weight excluding hydrogens is 226 g/mol. The van der Waals surface area contributed by atoms with Gasteiger partial charge in [-0.3, -0.25) is 0 Å². The lowest BCUT2D eigenvalue weighted by atomic mass is 10.1. The van der Waals surface area contributed by atoms with Gasteiger partial charge in [-0.25, -0.2) is 4.98 Å². The highest BCUT2D eigenvalue weighted by Gasteiger charge is 2.06. The quantitative estimate of drug-likeness (QED) is 0.534. The summed E-state index contributed by atoms with van der Waals surface area (Å²) in [6.07, 6.45) is 0. The van der Waals surface area contributed by atoms with Crippen LogP contribution in [0.2, 0.25) is 0 Å². The Bertz CT molecular complexity index is 569. The van der Waals surface area contributed by atoms with E-state index in [1.54, 1.807) is 11.3 Å². The maximum Gasteiger partial charge on any atom is 0.229 e. The van der Waals surface area contributed by atoms with Crippen molar-refractivity contribution in [3.05, 3.63) is 41.9 Å². The van der Waals surface area contributed by atoms with Crippen LogP contribution in [0.25, 0.3) is 21.0 Å². The standard InChI is InChI=1S/C11H7NS.2C2H6/c1-2-4-9-8(3-1)5-6-10-11(9)12-7-13-10;2*1-2/h1-7H;2*1-2H3/p+1. The number of rotatable bonds is 0. The summed E-state index contributed by atoms with van der Waals surface area (Å²) in [5.41, 5.74) is 3.28. The van der Waals surface area contributed by atoms with E-state index < -0.39 is 0 Å². The zero-order valence-electron chi connectivity index (χ0n) is 10.9. The predicted molar refractivity (Wildman–Crippen MR) is 78.6 cm³/mol. The fourth-order valence-corrected chi connectivity index (χ4v) is 2.39. The Morgan fingerprint density at radius 2 is 1.59 bits per heavy atom. The molecule has 0 amide bonds. The summed E-state index contributed by atoms with van der Waals surface area (Å²) < 4.78 is 1.32. The third kappa shape index (κ3) is 2.83. The highest BCUT2D eigenvalue weighted by atomic mass is 32.1. The lowest BCUT2D eigenvalue weighted by molar-refractivity contribution is -0.336. The van der Waals surface area contributed by atoms with Gasteiger partial charge in [0.25, 0.3) is 0 Å². The van der Waals surface area contributed by atoms with E-state index in [0.717, 1.165) is 0 Å². The smallest absolute Gasteiger partial charge is 0.201 e. The monoisotopic (exact) mass is 246 g/mol. The zero-order chi connectivity index (χ0) is 12.7. The van der Waals surface area contributed by atoms with E-state index in [1.807, 2.05) is 33.2 Å². The molecule has 1 N–H and O–H groups in total. The number of hydrogen-bond donors (Lipinski definition) is 0. The van der Waals surface area contributed by atoms with Crippen molar-refractivity contribution < 1.29 is 4.98 Å². The van der Waals surface area contributed by atoms with Gasteiger partial charge in [-0.1, -0.05) is 63.3 Å². The first-order valence-electron chi connectivity index (χ1n) is 6.22. The molecule has 3 rings (SSSR count). The second-order valence-electron chi connectivity index (χ2n) is 3.04. The number of fused-ring (bicyclic) bond motifs is 3. The molecule has 1 nitrogen and oxygen atoms in total. The third-order valence-corrected chi connectivity index (χ3v) is 3.11. The van der Waals surface area contributed by atoms with Gasteiger partial charge in [0.1, 0.15) is 4.70 Å². The minimum Gasteiger partial charge on any atom is -0.201 e. The SMILES string of the molecule is CC.CC.c1ccc2c(c1)ccc1sc[nH+]c12. The molecule has 90 valence electrons. The lowest BCUT2D eigenvalue weighted by Gasteiger charge is -1.93. The molecule has 0 unspecified atom stereocenters. The Hall–Kier alpha value is -1.41. The van der Waals surface area contributed by atoms with E-state index in [-0.39, 0.29) is 0 Å². The minimum atomic E-state index is 1.25. The van der Waals surface area contributed by atoms with Gasteiger partial charge >= 0.3 is 0 Å². The largest absolute Gasteiger partial charge is 0.229 e. The van der Waals surface area contributed by atoms with E-state index in [1.165, 1.54) is 21.0 Å². The Morgan fingerprint density at radius 1 is 0.882 bits per heavy atom. The van der Waals surface area contributed by atoms with Crippen molar-refractivity contribution >= 4 is 32.3 Å². The highest BCUT2D eigenvalue weighted by Crippen LogP contribution is 2.23. The average molecular weight is 246 g/mol. The molecule has 2 aromatic carbocycles. The maximum absolute atomic E-state index is 3.28. The van der Waals surface area contributed by atoms with Crippen molar-refractivity contribution in [1.82, 2.24) is 0 Å². The second-order valence-corrected chi connectivity index (χ2v) is 3.95. The van der Waals surface area contributed by atoms with Gasteiger partial charge in [-0.2, -0.15) is 0 Å². The first-order valence-corrected chi connectivity index (χ1v) is 7.10. The van der Waals surface area contributed by atoms with Crippen molar-refractivity contribution in [2.24, 2.45) is 0 Å². The number of aromatic nitrogens is 1. The number of aromatic amines is 1. The van der Waals surface area contributed by atoms with Crippen molar-refractivity contribution in [3.63, 3.8) is 0 Å². The van der Waals surface area contributed by atoms with Gasteiger partial charge in [0.05, 0.1) is 5.39 Å². The normalized spacial score (nSPS) is 9.18. The number of hydrogen-bond acceptors (Lipinski definition) is 1. The third-order valence-electron chi connectivity index (χ3n) is 2.28. The molecule has 0 saturated heterocycles. The summed E-state index contributed by atoms with van der Waals surface area (Å²) in [6.45, 7) is 8.00. The molecule has 0 aliphatic carbocycles. The summed E-state index contributed by atoms with van der Waals surface area (Å²) in [5, 5.41) is 2.60. The zero-order valence-corrected chi connectivity index (χ0v) is 11.8. The van der Waals surface area contributed by atoms with Gasteiger partial charge in [0.2, 0.25) is 11.0 Å². The first kappa shape index (κ1) is 13.7. The predicted octanol–water partition coefficient (Wildman–Crippen LogP) is 4.92. The van der Waals surface area contributed by atoms with Crippen LogP contribution < -0.4 is 4.98 Å². The molecule has 1 aromatic heterocycles. The molecule has 0 spiro atoms. The molecule has 0 fully saturated rings. The number of H-pyrrole nitrogens is 1. The van der Waals surface area contributed by atoms with Crippen LogP contribution in [0.15, 0.2) is 41.9 Å². The molecule has 0 aliphatic heterocycles. The van der Waals surface area contributed by atoms with Crippen LogP contribution in [0, 0.1) is 0 Å². The fraction of sp³-hybridized carbons (Fsp3) is 0.267. The molecule has 17 heavy (non-hydrogen) atoms. The van der Waals surface area contributed by atoms with Crippen LogP contribution in [-0.2, 0) is 0 Å². The molecular formula is C15H20NS+. The van der Waals surface area contributed by atoms with Crippen molar-refractivity contribution in [3.8, 4) is 0 Å². The summed E-state index contributed by atoms with van der Waals surface area (Å²) in [6, 6.07) is 12.8. The van der Waals surface area contributed by atoms with Crippen LogP contribution in [0.5, 0.6) is 0 Å². The molecule has 3 aromatic rings. The Labute approximate surface area is 107 Å². The summed E-state index contributed by atoms with van der Waals surface area (Å²) in [7, 11) is 0. The Kier molecular flexibility index (Phi) is 5.64. The lowest BCUT2D eigenvalue weighted by Crippen LogP contribution is -1.94. The summed E-state index contributed by atoms with van der Waals surface area (Å²) in [4.78, 5) is 3.28. The van der Waals surface area contributed by atoms with Crippen molar-refractivity contribution in [2.45, 2.75) is 27.7 Å². The maximum atomic E-state index is 3.28. The van der Waals surface area contributed by atoms with E-state index in [9.17, 15) is 0 Å². The summed E-state index contributed by atoms with van der Waals surface area (Å²) in [5.74, 6) is 0. The number of benzene rings is 2. The molecule has 0 aliphatic rings. The number of thiazole rings is 1.